The van der Waals surface area contributed by atoms with Gasteiger partial charge in [-0.05, 0) is 87.5 Å². The van der Waals surface area contributed by atoms with E-state index in [0.717, 1.165) is 32.1 Å². The van der Waals surface area contributed by atoms with Crippen LogP contribution in [0, 0.1) is 17.7 Å². The van der Waals surface area contributed by atoms with Gasteiger partial charge in [-0.25, -0.2) is 9.97 Å². The maximum atomic E-state index is 13.9. The molecule has 6 rings (SSSR count). The van der Waals surface area contributed by atoms with E-state index in [1.54, 1.807) is 23.1 Å². The van der Waals surface area contributed by atoms with Crippen LogP contribution in [0.15, 0.2) is 37.4 Å². The first kappa shape index (κ1) is 36.3. The van der Waals surface area contributed by atoms with E-state index in [1.807, 2.05) is 19.9 Å². The molecule has 1 atom stereocenters. The number of anilines is 2. The first-order valence-corrected chi connectivity index (χ1v) is 17.4. The molecular formula is C38H46F3N7O3. The van der Waals surface area contributed by atoms with Crippen LogP contribution in [-0.4, -0.2) is 102 Å². The highest BCUT2D eigenvalue weighted by Gasteiger charge is 2.46. The average Bonchev–Trinajstić information content (AvgIpc) is 3.12. The number of nitrogens with one attached hydrogen (secondary N) is 1. The molecule has 4 N–H and O–H groups in total. The zero-order valence-corrected chi connectivity index (χ0v) is 29.2. The van der Waals surface area contributed by atoms with Crippen molar-refractivity contribution in [3.05, 3.63) is 59.9 Å². The minimum Gasteiger partial charge on any atom is -0.481 e. The molecule has 10 nitrogen and oxygen atoms in total. The largest absolute Gasteiger partial charge is 0.481 e. The Hall–Kier alpha value is -4.49. The number of aromatic nitrogens is 2. The van der Waals surface area contributed by atoms with Gasteiger partial charge in [-0.1, -0.05) is 25.3 Å². The minimum atomic E-state index is -4.64. The van der Waals surface area contributed by atoms with Crippen LogP contribution >= 0.6 is 0 Å². The molecule has 4 heterocycles. The molecule has 1 spiro atoms. The number of rotatable bonds is 10. The number of piperidine rings is 2. The lowest BCUT2D eigenvalue weighted by molar-refractivity contribution is -0.153. The number of carbonyl (C=O) groups is 1. The first-order valence-electron chi connectivity index (χ1n) is 17.4. The highest BCUT2D eigenvalue weighted by molar-refractivity contribution is 6.06. The number of carbonyl (C=O) groups excluding carboxylic acids is 1. The van der Waals surface area contributed by atoms with Crippen LogP contribution in [0.25, 0.3) is 28.1 Å². The molecule has 1 amide bonds. The summed E-state index contributed by atoms with van der Waals surface area (Å²) in [6, 6.07) is 5.31. The van der Waals surface area contributed by atoms with Gasteiger partial charge in [-0.2, -0.15) is 13.2 Å². The lowest BCUT2D eigenvalue weighted by atomic mass is 9.72. The van der Waals surface area contributed by atoms with Crippen molar-refractivity contribution in [1.82, 2.24) is 19.8 Å². The number of aryl methyl sites for hydroxylation is 1. The van der Waals surface area contributed by atoms with Gasteiger partial charge in [0.1, 0.15) is 17.2 Å². The molecular weight excluding hydrogens is 659 g/mol. The molecule has 2 aromatic carbocycles. The summed E-state index contributed by atoms with van der Waals surface area (Å²) in [5.41, 5.74) is 9.28. The van der Waals surface area contributed by atoms with Crippen LogP contribution in [0.5, 0.6) is 5.75 Å². The van der Waals surface area contributed by atoms with E-state index in [0.29, 0.717) is 89.6 Å². The Labute approximate surface area is 296 Å². The highest BCUT2D eigenvalue weighted by Crippen LogP contribution is 2.48. The predicted octanol–water partition coefficient (Wildman–Crippen LogP) is 5.94. The van der Waals surface area contributed by atoms with Gasteiger partial charge in [-0.3, -0.25) is 9.69 Å². The molecule has 3 fully saturated rings. The maximum absolute atomic E-state index is 13.9. The quantitative estimate of drug-likeness (QED) is 0.134. The van der Waals surface area contributed by atoms with Crippen molar-refractivity contribution >= 4 is 40.6 Å². The summed E-state index contributed by atoms with van der Waals surface area (Å²) in [6.45, 7) is 14.0. The number of amides is 1. The molecule has 0 saturated carbocycles. The van der Waals surface area contributed by atoms with Gasteiger partial charge >= 0.3 is 6.18 Å². The Morgan fingerprint density at radius 1 is 1.16 bits per heavy atom. The molecule has 0 bridgehead atoms. The van der Waals surface area contributed by atoms with Gasteiger partial charge in [0.05, 0.1) is 6.61 Å². The number of alkyl halides is 3. The van der Waals surface area contributed by atoms with Gasteiger partial charge in [0.2, 0.25) is 5.91 Å². The molecule has 3 aliphatic rings. The Kier molecular flexibility index (Phi) is 10.2. The molecule has 3 saturated heterocycles. The molecule has 272 valence electrons. The van der Waals surface area contributed by atoms with Gasteiger partial charge in [0, 0.05) is 72.0 Å². The van der Waals surface area contributed by atoms with Crippen molar-refractivity contribution in [1.29, 1.82) is 5.41 Å². The van der Waals surface area contributed by atoms with Crippen LogP contribution in [0.2, 0.25) is 0 Å². The van der Waals surface area contributed by atoms with Crippen LogP contribution in [0.3, 0.4) is 0 Å². The SMILES string of the molecule is C=CC(=O)N1CC2(CCN(c3nc(C4CCN(C(C)CO)CC4)nc4c(OCC(F)(F)F)c(-c5c(C)ccc(N)c5C=N)c(C=C)cc34)CC2)C1. The monoisotopic (exact) mass is 705 g/mol. The number of hydrogen-bond donors (Lipinski definition) is 3. The summed E-state index contributed by atoms with van der Waals surface area (Å²) in [5, 5.41) is 18.5. The normalized spacial score (nSPS) is 18.8. The van der Waals surface area contributed by atoms with Crippen LogP contribution in [0.1, 0.15) is 61.0 Å². The van der Waals surface area contributed by atoms with Crippen LogP contribution < -0.4 is 15.4 Å². The smallest absolute Gasteiger partial charge is 0.422 e. The number of halogens is 3. The van der Waals surface area contributed by atoms with Gasteiger partial charge in [-0.15, -0.1) is 0 Å². The van der Waals surface area contributed by atoms with Crippen molar-refractivity contribution in [2.75, 3.05) is 63.1 Å². The van der Waals surface area contributed by atoms with Crippen LogP contribution in [-0.2, 0) is 4.79 Å². The summed E-state index contributed by atoms with van der Waals surface area (Å²) < 4.78 is 47.6. The van der Waals surface area contributed by atoms with Crippen molar-refractivity contribution < 1.29 is 27.8 Å². The third kappa shape index (κ3) is 7.05. The molecule has 51 heavy (non-hydrogen) atoms. The van der Waals surface area contributed by atoms with Crippen LogP contribution in [0.4, 0.5) is 24.7 Å². The van der Waals surface area contributed by atoms with Crippen molar-refractivity contribution in [3.8, 4) is 16.9 Å². The zero-order chi connectivity index (χ0) is 36.7. The van der Waals surface area contributed by atoms with Crippen molar-refractivity contribution in [3.63, 3.8) is 0 Å². The molecule has 3 aliphatic heterocycles. The summed E-state index contributed by atoms with van der Waals surface area (Å²) in [4.78, 5) is 28.6. The molecule has 0 radical (unpaired) electrons. The summed E-state index contributed by atoms with van der Waals surface area (Å²) in [6.07, 6.45) is 2.46. The van der Waals surface area contributed by atoms with E-state index in [9.17, 15) is 23.1 Å². The fourth-order valence-electron chi connectivity index (χ4n) is 7.90. The molecule has 3 aromatic rings. The van der Waals surface area contributed by atoms with E-state index >= 15 is 0 Å². The summed E-state index contributed by atoms with van der Waals surface area (Å²) >= 11 is 0. The number of nitrogen functional groups attached to an aromatic ring is 1. The average molecular weight is 706 g/mol. The maximum Gasteiger partial charge on any atom is 0.422 e. The zero-order valence-electron chi connectivity index (χ0n) is 29.2. The van der Waals surface area contributed by atoms with Gasteiger partial charge < -0.3 is 30.8 Å². The van der Waals surface area contributed by atoms with Crippen molar-refractivity contribution in [2.24, 2.45) is 5.41 Å². The third-order valence-electron chi connectivity index (χ3n) is 10.9. The second kappa shape index (κ2) is 14.3. The Bertz CT molecular complexity index is 1840. The molecule has 13 heteroatoms. The number of fused-ring (bicyclic) bond motifs is 1. The standard InChI is InChI=1S/C38H46F3N7O3/c1-5-25-17-27-33(34(51-22-38(39,40)41)32(25)31-23(3)7-8-29(43)28(31)18-42)44-35(26-9-13-46(14-10-26)24(4)19-49)45-36(27)47-15-11-37(12-16-47)20-48(21-37)30(50)6-2/h5-8,17-18,24,26,42,49H,1-2,9-16,19-22,43H2,3-4H3. The number of ether oxygens (including phenoxy) is 1. The minimum absolute atomic E-state index is 0.00537. The lowest BCUT2D eigenvalue weighted by Crippen LogP contribution is -2.61. The fraction of sp³-hybridized carbons (Fsp3) is 0.474. The first-order chi connectivity index (χ1) is 24.3. The predicted molar refractivity (Wildman–Crippen MR) is 194 cm³/mol. The number of hydrogen-bond acceptors (Lipinski definition) is 9. The number of aliphatic hydroxyl groups excluding tert-OH is 1. The van der Waals surface area contributed by atoms with E-state index in [4.69, 9.17) is 25.8 Å². The summed E-state index contributed by atoms with van der Waals surface area (Å²) in [7, 11) is 0. The highest BCUT2D eigenvalue weighted by atomic mass is 19.4. The fourth-order valence-corrected chi connectivity index (χ4v) is 7.90. The Balaban J connectivity index is 1.52. The number of aliphatic hydroxyl groups is 1. The van der Waals surface area contributed by atoms with E-state index in [2.05, 4.69) is 23.0 Å². The lowest BCUT2D eigenvalue weighted by Gasteiger charge is -2.54. The topological polar surface area (TPSA) is 132 Å². The molecule has 1 unspecified atom stereocenters. The summed E-state index contributed by atoms with van der Waals surface area (Å²) in [5.74, 6) is 0.956. The number of nitrogens with two attached hydrogens (primary N) is 1. The van der Waals surface area contributed by atoms with Gasteiger partial charge in [0.15, 0.2) is 12.4 Å². The van der Waals surface area contributed by atoms with Gasteiger partial charge in [0.25, 0.3) is 0 Å². The number of likely N-dealkylation sites (tertiary alicyclic amines) is 2. The van der Waals surface area contributed by atoms with E-state index in [-0.39, 0.29) is 41.2 Å². The second-order valence-corrected chi connectivity index (χ2v) is 14.2. The number of benzene rings is 2. The molecule has 1 aromatic heterocycles. The van der Waals surface area contributed by atoms with E-state index < -0.39 is 12.8 Å². The Morgan fingerprint density at radius 3 is 2.43 bits per heavy atom. The Morgan fingerprint density at radius 2 is 1.84 bits per heavy atom. The number of nitrogens with zero attached hydrogens (tertiary/aromatic N) is 5. The van der Waals surface area contributed by atoms with E-state index in [1.165, 1.54) is 6.08 Å². The third-order valence-corrected chi connectivity index (χ3v) is 10.9. The molecule has 0 aliphatic carbocycles. The van der Waals surface area contributed by atoms with Crippen molar-refractivity contribution in [2.45, 2.75) is 57.7 Å². The second-order valence-electron chi connectivity index (χ2n) is 14.2.